The fourth-order valence-electron chi connectivity index (χ4n) is 1.82. The van der Waals surface area contributed by atoms with Crippen LogP contribution in [0.3, 0.4) is 0 Å². The molecule has 0 heterocycles. The zero-order valence-electron chi connectivity index (χ0n) is 13.1. The second-order valence-corrected chi connectivity index (χ2v) is 5.26. The molecule has 1 rings (SSSR count). The fraction of sp³-hybridized carbons (Fsp3) is 0.562. The van der Waals surface area contributed by atoms with Gasteiger partial charge in [0.25, 0.3) is 0 Å². The second-order valence-electron chi connectivity index (χ2n) is 5.26. The molecular weight excluding hydrogens is 268 g/mol. The van der Waals surface area contributed by atoms with Gasteiger partial charge in [0, 0.05) is 24.4 Å². The molecule has 0 fully saturated rings. The molecule has 0 aliphatic heterocycles. The van der Waals surface area contributed by atoms with Gasteiger partial charge in [0.1, 0.15) is 0 Å². The molecule has 1 aromatic rings. The number of aryl methyl sites for hydroxylation is 1. The highest BCUT2D eigenvalue weighted by Crippen LogP contribution is 2.17. The number of anilines is 2. The summed E-state index contributed by atoms with van der Waals surface area (Å²) in [5.41, 5.74) is 8.14. The Morgan fingerprint density at radius 1 is 1.29 bits per heavy atom. The highest BCUT2D eigenvalue weighted by Gasteiger charge is 2.05. The number of hydrogen-bond donors (Lipinski definition) is 2. The van der Waals surface area contributed by atoms with Gasteiger partial charge in [-0.25, -0.2) is 0 Å². The van der Waals surface area contributed by atoms with Gasteiger partial charge in [-0.1, -0.05) is 0 Å². The molecule has 0 spiro atoms. The highest BCUT2D eigenvalue weighted by molar-refractivity contribution is 5.91. The van der Waals surface area contributed by atoms with Crippen LogP contribution in [-0.4, -0.2) is 31.8 Å². The summed E-state index contributed by atoms with van der Waals surface area (Å²) < 4.78 is 10.8. The van der Waals surface area contributed by atoms with Crippen molar-refractivity contribution < 1.29 is 14.3 Å². The number of rotatable bonds is 9. The van der Waals surface area contributed by atoms with Gasteiger partial charge in [0.15, 0.2) is 0 Å². The first-order chi connectivity index (χ1) is 9.99. The van der Waals surface area contributed by atoms with E-state index in [1.807, 2.05) is 32.9 Å². The van der Waals surface area contributed by atoms with Crippen molar-refractivity contribution in [2.75, 3.05) is 30.9 Å². The predicted molar refractivity (Wildman–Crippen MR) is 85.4 cm³/mol. The third-order valence-corrected chi connectivity index (χ3v) is 2.90. The van der Waals surface area contributed by atoms with Crippen LogP contribution in [0, 0.1) is 6.92 Å². The fourth-order valence-corrected chi connectivity index (χ4v) is 1.82. The Hall–Kier alpha value is -1.59. The quantitative estimate of drug-likeness (QED) is 0.542. The van der Waals surface area contributed by atoms with Gasteiger partial charge in [-0.15, -0.1) is 0 Å². The molecule has 0 aliphatic carbocycles. The van der Waals surface area contributed by atoms with Crippen LogP contribution >= 0.6 is 0 Å². The molecule has 0 atom stereocenters. The molecule has 0 bridgehead atoms. The lowest BCUT2D eigenvalue weighted by molar-refractivity contribution is -0.116. The summed E-state index contributed by atoms with van der Waals surface area (Å²) in [7, 11) is 0. The maximum absolute atomic E-state index is 11.8. The molecule has 118 valence electrons. The highest BCUT2D eigenvalue weighted by atomic mass is 16.5. The normalized spacial score (nSPS) is 10.9. The summed E-state index contributed by atoms with van der Waals surface area (Å²) >= 11 is 0. The Morgan fingerprint density at radius 3 is 2.71 bits per heavy atom. The lowest BCUT2D eigenvalue weighted by Gasteiger charge is -2.10. The van der Waals surface area contributed by atoms with Crippen molar-refractivity contribution in [3.8, 4) is 0 Å². The Kier molecular flexibility index (Phi) is 7.79. The lowest BCUT2D eigenvalue weighted by Crippen LogP contribution is -2.14. The molecule has 5 heteroatoms. The van der Waals surface area contributed by atoms with E-state index in [9.17, 15) is 4.79 Å². The minimum Gasteiger partial charge on any atom is -0.399 e. The number of carbonyl (C=O) groups is 1. The van der Waals surface area contributed by atoms with E-state index in [0.29, 0.717) is 38.3 Å². The van der Waals surface area contributed by atoms with E-state index in [4.69, 9.17) is 15.2 Å². The summed E-state index contributed by atoms with van der Waals surface area (Å²) in [6.07, 6.45) is 1.36. The van der Waals surface area contributed by atoms with Crippen LogP contribution in [0.25, 0.3) is 0 Å². The largest absolute Gasteiger partial charge is 0.399 e. The summed E-state index contributed by atoms with van der Waals surface area (Å²) in [4.78, 5) is 11.8. The zero-order chi connectivity index (χ0) is 15.7. The van der Waals surface area contributed by atoms with Gasteiger partial charge in [0.05, 0.1) is 19.3 Å². The van der Waals surface area contributed by atoms with Gasteiger partial charge in [0.2, 0.25) is 5.91 Å². The van der Waals surface area contributed by atoms with Crippen LogP contribution in [0.2, 0.25) is 0 Å². The molecule has 0 aliphatic rings. The van der Waals surface area contributed by atoms with Crippen molar-refractivity contribution in [1.82, 2.24) is 0 Å². The second kappa shape index (κ2) is 9.37. The number of amides is 1. The first-order valence-electron chi connectivity index (χ1n) is 7.34. The molecule has 0 unspecified atom stereocenters. The van der Waals surface area contributed by atoms with Crippen molar-refractivity contribution in [2.45, 2.75) is 39.7 Å². The van der Waals surface area contributed by atoms with Gasteiger partial charge < -0.3 is 20.5 Å². The number of nitrogens with one attached hydrogen (secondary N) is 1. The van der Waals surface area contributed by atoms with Crippen LogP contribution in [-0.2, 0) is 14.3 Å². The number of benzene rings is 1. The molecule has 3 N–H and O–H groups in total. The van der Waals surface area contributed by atoms with E-state index in [-0.39, 0.29) is 12.0 Å². The molecule has 5 nitrogen and oxygen atoms in total. The van der Waals surface area contributed by atoms with Crippen molar-refractivity contribution >= 4 is 17.3 Å². The van der Waals surface area contributed by atoms with Crippen molar-refractivity contribution in [1.29, 1.82) is 0 Å². The number of hydrogen-bond acceptors (Lipinski definition) is 4. The maximum Gasteiger partial charge on any atom is 0.224 e. The predicted octanol–water partition coefficient (Wildman–Crippen LogP) is 2.74. The minimum atomic E-state index is -0.00935. The average molecular weight is 294 g/mol. The third kappa shape index (κ3) is 7.68. The van der Waals surface area contributed by atoms with Crippen molar-refractivity contribution in [3.63, 3.8) is 0 Å². The Bertz CT molecular complexity index is 447. The van der Waals surface area contributed by atoms with Gasteiger partial charge in [-0.2, -0.15) is 0 Å². The summed E-state index contributed by atoms with van der Waals surface area (Å²) in [6.45, 7) is 7.62. The van der Waals surface area contributed by atoms with Crippen LogP contribution < -0.4 is 11.1 Å². The molecule has 0 saturated heterocycles. The minimum absolute atomic E-state index is 0.00935. The number of nitrogen functional groups attached to an aromatic ring is 1. The van der Waals surface area contributed by atoms with E-state index in [2.05, 4.69) is 5.32 Å². The number of ether oxygens (including phenoxy) is 2. The SMILES string of the molecule is Cc1cc(N)ccc1NC(=O)CCCOCCOC(C)C. The average Bonchev–Trinajstić information content (AvgIpc) is 2.40. The molecule has 0 aromatic heterocycles. The van der Waals surface area contributed by atoms with Gasteiger partial charge in [-0.3, -0.25) is 4.79 Å². The molecular formula is C16H26N2O3. The number of nitrogens with two attached hydrogens (primary N) is 1. The first kappa shape index (κ1) is 17.5. The van der Waals surface area contributed by atoms with E-state index in [1.54, 1.807) is 6.07 Å². The topological polar surface area (TPSA) is 73.6 Å². The maximum atomic E-state index is 11.8. The number of carbonyl (C=O) groups excluding carboxylic acids is 1. The van der Waals surface area contributed by atoms with E-state index < -0.39 is 0 Å². The van der Waals surface area contributed by atoms with E-state index in [0.717, 1.165) is 11.3 Å². The van der Waals surface area contributed by atoms with Crippen LogP contribution in [0.4, 0.5) is 11.4 Å². The summed E-state index contributed by atoms with van der Waals surface area (Å²) in [5, 5.41) is 2.88. The van der Waals surface area contributed by atoms with Crippen LogP contribution in [0.15, 0.2) is 18.2 Å². The smallest absolute Gasteiger partial charge is 0.224 e. The van der Waals surface area contributed by atoms with Gasteiger partial charge >= 0.3 is 0 Å². The van der Waals surface area contributed by atoms with Gasteiger partial charge in [-0.05, 0) is 51.0 Å². The standard InChI is InChI=1S/C16H26N2O3/c1-12(2)21-10-9-20-8-4-5-16(19)18-15-7-6-14(17)11-13(15)3/h6-7,11-12H,4-5,8-10,17H2,1-3H3,(H,18,19). The van der Waals surface area contributed by atoms with Crippen LogP contribution in [0.5, 0.6) is 0 Å². The monoisotopic (exact) mass is 294 g/mol. The van der Waals surface area contributed by atoms with E-state index >= 15 is 0 Å². The lowest BCUT2D eigenvalue weighted by atomic mass is 10.1. The molecule has 1 aromatic carbocycles. The molecule has 21 heavy (non-hydrogen) atoms. The van der Waals surface area contributed by atoms with Crippen molar-refractivity contribution in [2.24, 2.45) is 0 Å². The molecule has 1 amide bonds. The van der Waals surface area contributed by atoms with Crippen LogP contribution in [0.1, 0.15) is 32.3 Å². The summed E-state index contributed by atoms with van der Waals surface area (Å²) in [6, 6.07) is 5.44. The Labute approximate surface area is 126 Å². The summed E-state index contributed by atoms with van der Waals surface area (Å²) in [5.74, 6) is -0.00935. The Morgan fingerprint density at radius 2 is 2.05 bits per heavy atom. The Balaban J connectivity index is 2.14. The first-order valence-corrected chi connectivity index (χ1v) is 7.34. The molecule has 0 saturated carbocycles. The zero-order valence-corrected chi connectivity index (χ0v) is 13.1. The molecule has 0 radical (unpaired) electrons. The van der Waals surface area contributed by atoms with E-state index in [1.165, 1.54) is 0 Å². The third-order valence-electron chi connectivity index (χ3n) is 2.90. The van der Waals surface area contributed by atoms with Crippen molar-refractivity contribution in [3.05, 3.63) is 23.8 Å².